The van der Waals surface area contributed by atoms with E-state index in [0.717, 1.165) is 18.1 Å². The topological polar surface area (TPSA) is 63.2 Å². The summed E-state index contributed by atoms with van der Waals surface area (Å²) in [5, 5.41) is 6.17. The monoisotopic (exact) mass is 339 g/mol. The number of ether oxygens (including phenoxy) is 1. The van der Waals surface area contributed by atoms with Crippen molar-refractivity contribution in [3.8, 4) is 5.75 Å². The van der Waals surface area contributed by atoms with Gasteiger partial charge in [0.05, 0.1) is 13.3 Å². The van der Waals surface area contributed by atoms with Crippen LogP contribution in [0, 0.1) is 0 Å². The lowest BCUT2D eigenvalue weighted by Crippen LogP contribution is -2.39. The number of nitrogens with one attached hydrogen (secondary N) is 2. The van der Waals surface area contributed by atoms with Crippen molar-refractivity contribution in [2.75, 3.05) is 30.5 Å². The second-order valence-corrected chi connectivity index (χ2v) is 5.20. The Kier molecular flexibility index (Phi) is 9.75. The molecule has 5 nitrogen and oxygen atoms in total. The van der Waals surface area contributed by atoms with Crippen molar-refractivity contribution in [1.82, 2.24) is 10.3 Å². The van der Waals surface area contributed by atoms with Crippen molar-refractivity contribution < 1.29 is 9.53 Å². The van der Waals surface area contributed by atoms with Gasteiger partial charge < -0.3 is 15.4 Å². The number of nitrogens with zero attached hydrogens (tertiary/aromatic N) is 1. The van der Waals surface area contributed by atoms with Crippen LogP contribution in [0.1, 0.15) is 6.42 Å². The molecule has 1 aromatic rings. The van der Waals surface area contributed by atoms with Gasteiger partial charge in [-0.1, -0.05) is 0 Å². The molecule has 0 radical (unpaired) electrons. The SMILES string of the molecule is COc1ccncc1NC(=O)CC1CSCCN1.Cl.Cl. The Morgan fingerprint density at radius 3 is 3.05 bits per heavy atom. The quantitative estimate of drug-likeness (QED) is 0.877. The number of carbonyl (C=O) groups excluding carboxylic acids is 1. The molecule has 114 valence electrons. The van der Waals surface area contributed by atoms with Gasteiger partial charge in [0.25, 0.3) is 0 Å². The Morgan fingerprint density at radius 2 is 2.40 bits per heavy atom. The van der Waals surface area contributed by atoms with Crippen molar-refractivity contribution in [2.24, 2.45) is 0 Å². The van der Waals surface area contributed by atoms with Crippen LogP contribution in [0.5, 0.6) is 5.75 Å². The largest absolute Gasteiger partial charge is 0.494 e. The van der Waals surface area contributed by atoms with Crippen molar-refractivity contribution in [1.29, 1.82) is 0 Å². The zero-order valence-corrected chi connectivity index (χ0v) is 13.6. The van der Waals surface area contributed by atoms with Crippen LogP contribution in [0.4, 0.5) is 5.69 Å². The third kappa shape index (κ3) is 5.75. The Hall–Kier alpha value is -0.690. The van der Waals surface area contributed by atoms with Gasteiger partial charge in [-0.15, -0.1) is 24.8 Å². The lowest BCUT2D eigenvalue weighted by molar-refractivity contribution is -0.116. The van der Waals surface area contributed by atoms with E-state index in [9.17, 15) is 4.79 Å². The van der Waals surface area contributed by atoms with Crippen molar-refractivity contribution in [2.45, 2.75) is 12.5 Å². The number of aromatic nitrogens is 1. The van der Waals surface area contributed by atoms with Gasteiger partial charge in [-0.3, -0.25) is 9.78 Å². The minimum absolute atomic E-state index is 0. The number of rotatable bonds is 4. The molecule has 0 saturated carbocycles. The highest BCUT2D eigenvalue weighted by Gasteiger charge is 2.17. The van der Waals surface area contributed by atoms with Crippen LogP contribution < -0.4 is 15.4 Å². The summed E-state index contributed by atoms with van der Waals surface area (Å²) in [6.45, 7) is 0.971. The Labute approximate surface area is 135 Å². The van der Waals surface area contributed by atoms with Gasteiger partial charge >= 0.3 is 0 Å². The molecule has 0 aliphatic carbocycles. The van der Waals surface area contributed by atoms with Gasteiger partial charge in [-0.25, -0.2) is 0 Å². The second-order valence-electron chi connectivity index (χ2n) is 4.05. The molecule has 2 N–H and O–H groups in total. The van der Waals surface area contributed by atoms with Crippen molar-refractivity contribution in [3.63, 3.8) is 0 Å². The highest BCUT2D eigenvalue weighted by molar-refractivity contribution is 7.99. The van der Waals surface area contributed by atoms with E-state index in [1.165, 1.54) is 0 Å². The molecule has 1 amide bonds. The van der Waals surface area contributed by atoms with Crippen LogP contribution in [-0.4, -0.2) is 42.1 Å². The zero-order chi connectivity index (χ0) is 12.8. The second kappa shape index (κ2) is 10.1. The van der Waals surface area contributed by atoms with Crippen molar-refractivity contribution >= 4 is 48.2 Å². The molecule has 0 spiro atoms. The van der Waals surface area contributed by atoms with Crippen LogP contribution in [-0.2, 0) is 4.79 Å². The Bertz CT molecular complexity index is 417. The molecule has 20 heavy (non-hydrogen) atoms. The lowest BCUT2D eigenvalue weighted by Gasteiger charge is -2.22. The van der Waals surface area contributed by atoms with Gasteiger partial charge in [0.2, 0.25) is 5.91 Å². The van der Waals surface area contributed by atoms with E-state index < -0.39 is 0 Å². The zero-order valence-electron chi connectivity index (χ0n) is 11.1. The summed E-state index contributed by atoms with van der Waals surface area (Å²) in [6, 6.07) is 1.98. The van der Waals surface area contributed by atoms with E-state index in [-0.39, 0.29) is 36.8 Å². The first-order valence-electron chi connectivity index (χ1n) is 5.88. The molecule has 1 aliphatic rings. The van der Waals surface area contributed by atoms with Crippen LogP contribution >= 0.6 is 36.6 Å². The molecule has 0 bridgehead atoms. The normalized spacial score (nSPS) is 17.4. The summed E-state index contributed by atoms with van der Waals surface area (Å²) in [4.78, 5) is 15.9. The van der Waals surface area contributed by atoms with Crippen LogP contribution in [0.3, 0.4) is 0 Å². The molecule has 1 saturated heterocycles. The first-order valence-corrected chi connectivity index (χ1v) is 7.04. The average Bonchev–Trinajstić information content (AvgIpc) is 2.40. The molecule has 1 atom stereocenters. The molecule has 1 unspecified atom stereocenters. The fourth-order valence-corrected chi connectivity index (χ4v) is 2.78. The number of methoxy groups -OCH3 is 1. The van der Waals surface area contributed by atoms with Gasteiger partial charge in [0.1, 0.15) is 11.4 Å². The maximum atomic E-state index is 11.9. The first-order chi connectivity index (χ1) is 8.79. The number of amides is 1. The molecule has 8 heteroatoms. The third-order valence-corrected chi connectivity index (χ3v) is 3.84. The summed E-state index contributed by atoms with van der Waals surface area (Å²) in [5.41, 5.74) is 0.619. The molecule has 0 aromatic carbocycles. The van der Waals surface area contributed by atoms with Gasteiger partial charge in [0.15, 0.2) is 0 Å². The van der Waals surface area contributed by atoms with E-state index in [1.807, 2.05) is 11.8 Å². The Balaban J connectivity index is 0.00000180. The third-order valence-electron chi connectivity index (χ3n) is 2.71. The lowest BCUT2D eigenvalue weighted by atomic mass is 10.2. The molecule has 1 fully saturated rings. The molecule has 2 heterocycles. The van der Waals surface area contributed by atoms with Crippen LogP contribution in [0.15, 0.2) is 18.5 Å². The number of anilines is 1. The van der Waals surface area contributed by atoms with Crippen molar-refractivity contribution in [3.05, 3.63) is 18.5 Å². The van der Waals surface area contributed by atoms with Crippen LogP contribution in [0.2, 0.25) is 0 Å². The summed E-state index contributed by atoms with van der Waals surface area (Å²) in [7, 11) is 1.57. The average molecular weight is 340 g/mol. The summed E-state index contributed by atoms with van der Waals surface area (Å²) >= 11 is 1.88. The molecular weight excluding hydrogens is 321 g/mol. The minimum atomic E-state index is -0.0127. The smallest absolute Gasteiger partial charge is 0.226 e. The number of hydrogen-bond donors (Lipinski definition) is 2. The van der Waals surface area contributed by atoms with E-state index in [0.29, 0.717) is 17.9 Å². The predicted octanol–water partition coefficient (Wildman–Crippen LogP) is 1.97. The number of pyridine rings is 1. The van der Waals surface area contributed by atoms with E-state index in [2.05, 4.69) is 15.6 Å². The predicted molar refractivity (Wildman–Crippen MR) is 87.6 cm³/mol. The number of halogens is 2. The fraction of sp³-hybridized carbons (Fsp3) is 0.500. The van der Waals surface area contributed by atoms with Crippen LogP contribution in [0.25, 0.3) is 0 Å². The van der Waals surface area contributed by atoms with E-state index in [4.69, 9.17) is 4.74 Å². The van der Waals surface area contributed by atoms with E-state index in [1.54, 1.807) is 25.6 Å². The fourth-order valence-electron chi connectivity index (χ4n) is 1.83. The maximum absolute atomic E-state index is 11.9. The summed E-state index contributed by atoms with van der Waals surface area (Å²) in [6.07, 6.45) is 3.71. The molecule has 1 aliphatic heterocycles. The van der Waals surface area contributed by atoms with E-state index >= 15 is 0 Å². The standard InChI is InChI=1S/C12H17N3O2S.2ClH/c1-17-11-2-3-13-7-10(11)15-12(16)6-9-8-18-5-4-14-9;;/h2-3,7,9,14H,4-6,8H2,1H3,(H,15,16);2*1H. The number of hydrogen-bond acceptors (Lipinski definition) is 5. The number of carbonyl (C=O) groups is 1. The summed E-state index contributed by atoms with van der Waals surface area (Å²) in [5.74, 6) is 2.72. The molecule has 2 rings (SSSR count). The highest BCUT2D eigenvalue weighted by atomic mass is 35.5. The van der Waals surface area contributed by atoms with Gasteiger partial charge in [0, 0.05) is 42.8 Å². The first kappa shape index (κ1) is 19.3. The minimum Gasteiger partial charge on any atom is -0.494 e. The van der Waals surface area contributed by atoms with Gasteiger partial charge in [-0.2, -0.15) is 11.8 Å². The summed E-state index contributed by atoms with van der Waals surface area (Å²) < 4.78 is 5.16. The molecule has 1 aromatic heterocycles. The highest BCUT2D eigenvalue weighted by Crippen LogP contribution is 2.22. The number of thioether (sulfide) groups is 1. The molecular formula is C12H19Cl2N3O2S. The Morgan fingerprint density at radius 1 is 1.60 bits per heavy atom. The van der Waals surface area contributed by atoms with Gasteiger partial charge in [-0.05, 0) is 0 Å². The maximum Gasteiger partial charge on any atom is 0.226 e.